The van der Waals surface area contributed by atoms with Crippen LogP contribution in [-0.2, 0) is 6.54 Å². The molecule has 1 aromatic heterocycles. The molecular weight excluding hydrogens is 138 g/mol. The molecule has 0 amide bonds. The van der Waals surface area contributed by atoms with Gasteiger partial charge in [-0.15, -0.1) is 0 Å². The Morgan fingerprint density at radius 1 is 1.45 bits per heavy atom. The van der Waals surface area contributed by atoms with Crippen LogP contribution in [0.4, 0.5) is 0 Å². The summed E-state index contributed by atoms with van der Waals surface area (Å²) in [6.07, 6.45) is 4.45. The van der Waals surface area contributed by atoms with Crippen LogP contribution in [0.3, 0.4) is 0 Å². The molecule has 0 unspecified atom stereocenters. The lowest BCUT2D eigenvalue weighted by Crippen LogP contribution is -2.18. The van der Waals surface area contributed by atoms with Crippen LogP contribution >= 0.6 is 0 Å². The molecule has 11 heavy (non-hydrogen) atoms. The third kappa shape index (κ3) is 1.50. The molecule has 1 aliphatic carbocycles. The third-order valence-corrected chi connectivity index (χ3v) is 2.05. The van der Waals surface area contributed by atoms with E-state index in [0.717, 1.165) is 12.5 Å². The largest absolute Gasteiger partial charge is 0.315 e. The van der Waals surface area contributed by atoms with Crippen molar-refractivity contribution in [2.45, 2.75) is 19.4 Å². The fraction of sp³-hybridized carbons (Fsp3) is 0.444. The van der Waals surface area contributed by atoms with E-state index in [1.165, 1.54) is 12.8 Å². The molecule has 0 spiro atoms. The predicted molar refractivity (Wildman–Crippen MR) is 43.4 cm³/mol. The molecule has 0 bridgehead atoms. The minimum atomic E-state index is 0.124. The van der Waals surface area contributed by atoms with E-state index in [0.29, 0.717) is 0 Å². The first-order valence-corrected chi connectivity index (χ1v) is 4.02. The van der Waals surface area contributed by atoms with Crippen molar-refractivity contribution in [1.29, 1.82) is 0 Å². The minimum absolute atomic E-state index is 0.124. The van der Waals surface area contributed by atoms with Gasteiger partial charge in [-0.05, 0) is 24.8 Å². The van der Waals surface area contributed by atoms with Gasteiger partial charge in [0.1, 0.15) is 0 Å². The Morgan fingerprint density at radius 3 is 2.91 bits per heavy atom. The Morgan fingerprint density at radius 2 is 2.27 bits per heavy atom. The lowest BCUT2D eigenvalue weighted by atomic mass is 10.4. The van der Waals surface area contributed by atoms with E-state index in [9.17, 15) is 4.79 Å². The number of hydrogen-bond donors (Lipinski definition) is 0. The number of aromatic nitrogens is 1. The first-order valence-electron chi connectivity index (χ1n) is 4.02. The van der Waals surface area contributed by atoms with Gasteiger partial charge in [-0.2, -0.15) is 0 Å². The molecule has 1 fully saturated rings. The van der Waals surface area contributed by atoms with E-state index in [1.807, 2.05) is 12.3 Å². The Kier molecular flexibility index (Phi) is 1.53. The summed E-state index contributed by atoms with van der Waals surface area (Å²) in [7, 11) is 0. The molecule has 2 heteroatoms. The zero-order chi connectivity index (χ0) is 7.68. The molecule has 1 saturated carbocycles. The molecule has 1 heterocycles. The fourth-order valence-corrected chi connectivity index (χ4v) is 1.19. The van der Waals surface area contributed by atoms with Gasteiger partial charge in [-0.3, -0.25) is 4.79 Å². The topological polar surface area (TPSA) is 22.0 Å². The molecule has 0 N–H and O–H groups in total. The summed E-state index contributed by atoms with van der Waals surface area (Å²) in [6, 6.07) is 5.30. The van der Waals surface area contributed by atoms with E-state index in [4.69, 9.17) is 0 Å². The summed E-state index contributed by atoms with van der Waals surface area (Å²) in [5.41, 5.74) is 0.124. The van der Waals surface area contributed by atoms with Crippen molar-refractivity contribution in [3.05, 3.63) is 34.7 Å². The smallest absolute Gasteiger partial charge is 0.250 e. The number of rotatable bonds is 2. The second-order valence-corrected chi connectivity index (χ2v) is 3.13. The number of pyridine rings is 1. The van der Waals surface area contributed by atoms with Crippen LogP contribution in [0.25, 0.3) is 0 Å². The molecule has 2 nitrogen and oxygen atoms in total. The zero-order valence-corrected chi connectivity index (χ0v) is 6.36. The molecule has 0 radical (unpaired) electrons. The molecule has 0 aliphatic heterocycles. The highest BCUT2D eigenvalue weighted by molar-refractivity contribution is 4.94. The summed E-state index contributed by atoms with van der Waals surface area (Å²) in [5, 5.41) is 0. The highest BCUT2D eigenvalue weighted by Crippen LogP contribution is 2.29. The van der Waals surface area contributed by atoms with Gasteiger partial charge >= 0.3 is 0 Å². The minimum Gasteiger partial charge on any atom is -0.315 e. The molecule has 2 rings (SSSR count). The van der Waals surface area contributed by atoms with Crippen LogP contribution in [0.1, 0.15) is 12.8 Å². The second kappa shape index (κ2) is 2.53. The van der Waals surface area contributed by atoms with Crippen LogP contribution in [0.5, 0.6) is 0 Å². The van der Waals surface area contributed by atoms with Gasteiger partial charge in [0, 0.05) is 18.8 Å². The van der Waals surface area contributed by atoms with Gasteiger partial charge in [-0.1, -0.05) is 6.07 Å². The summed E-state index contributed by atoms with van der Waals surface area (Å²) >= 11 is 0. The van der Waals surface area contributed by atoms with Crippen molar-refractivity contribution < 1.29 is 0 Å². The van der Waals surface area contributed by atoms with E-state index in [2.05, 4.69) is 0 Å². The lowest BCUT2D eigenvalue weighted by Gasteiger charge is -2.00. The van der Waals surface area contributed by atoms with Gasteiger partial charge in [-0.25, -0.2) is 0 Å². The van der Waals surface area contributed by atoms with Crippen molar-refractivity contribution in [2.75, 3.05) is 0 Å². The molecular formula is C9H11NO. The molecule has 0 saturated heterocycles. The second-order valence-electron chi connectivity index (χ2n) is 3.13. The maximum atomic E-state index is 11.1. The Labute approximate surface area is 65.5 Å². The van der Waals surface area contributed by atoms with Crippen LogP contribution in [0, 0.1) is 5.92 Å². The average molecular weight is 149 g/mol. The van der Waals surface area contributed by atoms with Gasteiger partial charge in [0.2, 0.25) is 0 Å². The van der Waals surface area contributed by atoms with E-state index in [-0.39, 0.29) is 5.56 Å². The van der Waals surface area contributed by atoms with Crippen LogP contribution < -0.4 is 5.56 Å². The number of hydrogen-bond acceptors (Lipinski definition) is 1. The van der Waals surface area contributed by atoms with Gasteiger partial charge in [0.15, 0.2) is 0 Å². The fourth-order valence-electron chi connectivity index (χ4n) is 1.19. The summed E-state index contributed by atoms with van der Waals surface area (Å²) < 4.78 is 1.79. The normalized spacial score (nSPS) is 16.7. The van der Waals surface area contributed by atoms with Crippen LogP contribution in [-0.4, -0.2) is 4.57 Å². The SMILES string of the molecule is O=c1ccccn1CC1CC1. The maximum Gasteiger partial charge on any atom is 0.250 e. The molecule has 58 valence electrons. The average Bonchev–Trinajstić information content (AvgIpc) is 2.78. The predicted octanol–water partition coefficient (Wildman–Crippen LogP) is 1.26. The van der Waals surface area contributed by atoms with Gasteiger partial charge in [0.05, 0.1) is 0 Å². The summed E-state index contributed by atoms with van der Waals surface area (Å²) in [4.78, 5) is 11.1. The standard InChI is InChI=1S/C9H11NO/c11-9-3-1-2-6-10(9)7-8-4-5-8/h1-3,6,8H,4-5,7H2. The van der Waals surface area contributed by atoms with E-state index in [1.54, 1.807) is 16.7 Å². The van der Waals surface area contributed by atoms with Gasteiger partial charge < -0.3 is 4.57 Å². The number of nitrogens with zero attached hydrogens (tertiary/aromatic N) is 1. The Hall–Kier alpha value is -1.05. The van der Waals surface area contributed by atoms with Crippen LogP contribution in [0.2, 0.25) is 0 Å². The van der Waals surface area contributed by atoms with Crippen molar-refractivity contribution in [3.63, 3.8) is 0 Å². The quantitative estimate of drug-likeness (QED) is 0.620. The first-order chi connectivity index (χ1) is 5.36. The first kappa shape index (κ1) is 6.65. The van der Waals surface area contributed by atoms with Crippen molar-refractivity contribution in [3.8, 4) is 0 Å². The van der Waals surface area contributed by atoms with Crippen molar-refractivity contribution in [1.82, 2.24) is 4.57 Å². The summed E-state index contributed by atoms with van der Waals surface area (Å²) in [6.45, 7) is 0.916. The summed E-state index contributed by atoms with van der Waals surface area (Å²) in [5.74, 6) is 0.773. The van der Waals surface area contributed by atoms with E-state index >= 15 is 0 Å². The van der Waals surface area contributed by atoms with Gasteiger partial charge in [0.25, 0.3) is 5.56 Å². The van der Waals surface area contributed by atoms with Crippen molar-refractivity contribution >= 4 is 0 Å². The monoisotopic (exact) mass is 149 g/mol. The molecule has 1 aliphatic rings. The zero-order valence-electron chi connectivity index (χ0n) is 6.36. The highest BCUT2D eigenvalue weighted by atomic mass is 16.1. The molecule has 1 aromatic rings. The maximum absolute atomic E-state index is 11.1. The van der Waals surface area contributed by atoms with E-state index < -0.39 is 0 Å². The van der Waals surface area contributed by atoms with Crippen LogP contribution in [0.15, 0.2) is 29.2 Å². The highest BCUT2D eigenvalue weighted by Gasteiger charge is 2.21. The lowest BCUT2D eigenvalue weighted by molar-refractivity contribution is 0.607. The Balaban J connectivity index is 2.21. The molecule has 0 atom stereocenters. The Bertz CT molecular complexity index is 298. The third-order valence-electron chi connectivity index (χ3n) is 2.05. The van der Waals surface area contributed by atoms with Crippen molar-refractivity contribution in [2.24, 2.45) is 5.92 Å². The molecule has 0 aromatic carbocycles.